The normalized spacial score (nSPS) is 19.2. The first-order chi connectivity index (χ1) is 8.14. The van der Waals surface area contributed by atoms with E-state index >= 15 is 0 Å². The molecule has 1 unspecified atom stereocenters. The molecule has 1 saturated carbocycles. The van der Waals surface area contributed by atoms with Crippen molar-refractivity contribution in [2.75, 3.05) is 33.0 Å². The number of hydrogen-bond acceptors (Lipinski definition) is 4. The second-order valence-corrected chi connectivity index (χ2v) is 5.17. The van der Waals surface area contributed by atoms with E-state index < -0.39 is 5.60 Å². The Morgan fingerprint density at radius 2 is 1.94 bits per heavy atom. The van der Waals surface area contributed by atoms with Crippen molar-refractivity contribution in [3.63, 3.8) is 0 Å². The predicted molar refractivity (Wildman–Crippen MR) is 68.2 cm³/mol. The summed E-state index contributed by atoms with van der Waals surface area (Å²) in [6.45, 7) is 6.90. The summed E-state index contributed by atoms with van der Waals surface area (Å²) in [6.07, 6.45) is 4.73. The maximum absolute atomic E-state index is 10.0. The van der Waals surface area contributed by atoms with Crippen molar-refractivity contribution in [1.82, 2.24) is 5.32 Å². The largest absolute Gasteiger partial charge is 0.386 e. The van der Waals surface area contributed by atoms with Gasteiger partial charge in [0.1, 0.15) is 0 Å². The van der Waals surface area contributed by atoms with Crippen LogP contribution in [0.1, 0.15) is 39.5 Å². The number of unbranched alkanes of at least 4 members (excludes halogenated alkanes) is 1. The van der Waals surface area contributed by atoms with Crippen LogP contribution in [-0.2, 0) is 9.47 Å². The fourth-order valence-electron chi connectivity index (χ4n) is 1.46. The van der Waals surface area contributed by atoms with E-state index in [0.717, 1.165) is 19.4 Å². The van der Waals surface area contributed by atoms with E-state index in [0.29, 0.717) is 32.4 Å². The van der Waals surface area contributed by atoms with Crippen LogP contribution in [-0.4, -0.2) is 49.7 Å². The average molecular weight is 245 g/mol. The average Bonchev–Trinajstić information content (AvgIpc) is 3.09. The Hall–Kier alpha value is -0.160. The van der Waals surface area contributed by atoms with Gasteiger partial charge < -0.3 is 19.9 Å². The van der Waals surface area contributed by atoms with Crippen molar-refractivity contribution in [1.29, 1.82) is 0 Å². The Kier molecular flexibility index (Phi) is 7.04. The highest BCUT2D eigenvalue weighted by Gasteiger charge is 2.26. The van der Waals surface area contributed by atoms with Gasteiger partial charge in [0.15, 0.2) is 0 Å². The zero-order valence-corrected chi connectivity index (χ0v) is 11.2. The quantitative estimate of drug-likeness (QED) is 0.539. The molecule has 1 atom stereocenters. The van der Waals surface area contributed by atoms with Crippen LogP contribution in [0.25, 0.3) is 0 Å². The van der Waals surface area contributed by atoms with Gasteiger partial charge in [0.05, 0.1) is 25.4 Å². The molecular formula is C13H27NO3. The molecule has 102 valence electrons. The van der Waals surface area contributed by atoms with Gasteiger partial charge in [-0.3, -0.25) is 0 Å². The minimum Gasteiger partial charge on any atom is -0.386 e. The van der Waals surface area contributed by atoms with Gasteiger partial charge >= 0.3 is 0 Å². The molecule has 0 aliphatic heterocycles. The fourth-order valence-corrected chi connectivity index (χ4v) is 1.46. The summed E-state index contributed by atoms with van der Waals surface area (Å²) in [7, 11) is 0. The number of ether oxygens (including phenoxy) is 2. The van der Waals surface area contributed by atoms with Crippen molar-refractivity contribution in [3.05, 3.63) is 0 Å². The maximum Gasteiger partial charge on any atom is 0.0975 e. The Labute approximate surface area is 105 Å². The van der Waals surface area contributed by atoms with Gasteiger partial charge in [0, 0.05) is 19.2 Å². The molecule has 0 heterocycles. The summed E-state index contributed by atoms with van der Waals surface area (Å²) >= 11 is 0. The third-order valence-electron chi connectivity index (χ3n) is 2.78. The molecule has 2 N–H and O–H groups in total. The van der Waals surface area contributed by atoms with Crippen molar-refractivity contribution in [3.8, 4) is 0 Å². The van der Waals surface area contributed by atoms with Gasteiger partial charge in [-0.1, -0.05) is 13.3 Å². The summed E-state index contributed by atoms with van der Waals surface area (Å²) in [6, 6.07) is 0.624. The first-order valence-corrected chi connectivity index (χ1v) is 6.75. The first-order valence-electron chi connectivity index (χ1n) is 6.75. The molecule has 0 spiro atoms. The first kappa shape index (κ1) is 14.9. The molecule has 0 aromatic rings. The third kappa shape index (κ3) is 8.55. The van der Waals surface area contributed by atoms with Gasteiger partial charge in [-0.05, 0) is 26.2 Å². The molecular weight excluding hydrogens is 218 g/mol. The van der Waals surface area contributed by atoms with Crippen LogP contribution in [0.2, 0.25) is 0 Å². The highest BCUT2D eigenvalue weighted by molar-refractivity contribution is 4.85. The molecule has 1 rings (SSSR count). The highest BCUT2D eigenvalue weighted by atomic mass is 16.5. The molecule has 0 saturated heterocycles. The lowest BCUT2D eigenvalue weighted by atomic mass is 10.1. The Morgan fingerprint density at radius 3 is 2.59 bits per heavy atom. The number of aliphatic hydroxyl groups is 1. The van der Waals surface area contributed by atoms with Crippen LogP contribution in [0, 0.1) is 0 Å². The van der Waals surface area contributed by atoms with E-state index in [1.165, 1.54) is 12.8 Å². The standard InChI is InChI=1S/C13H27NO3/c1-3-4-7-16-8-9-17-11-13(2,15)10-14-12-5-6-12/h12,14-15H,3-11H2,1-2H3. The number of nitrogens with one attached hydrogen (secondary N) is 1. The SMILES string of the molecule is CCCCOCCOCC(C)(O)CNC1CC1. The van der Waals surface area contributed by atoms with Crippen molar-refractivity contribution < 1.29 is 14.6 Å². The van der Waals surface area contributed by atoms with Crippen LogP contribution in [0.3, 0.4) is 0 Å². The van der Waals surface area contributed by atoms with Crippen LogP contribution < -0.4 is 5.32 Å². The molecule has 0 aromatic carbocycles. The molecule has 17 heavy (non-hydrogen) atoms. The van der Waals surface area contributed by atoms with Gasteiger partial charge in [-0.25, -0.2) is 0 Å². The molecule has 0 radical (unpaired) electrons. The maximum atomic E-state index is 10.0. The second-order valence-electron chi connectivity index (χ2n) is 5.17. The number of hydrogen-bond donors (Lipinski definition) is 2. The van der Waals surface area contributed by atoms with E-state index in [2.05, 4.69) is 12.2 Å². The van der Waals surface area contributed by atoms with Gasteiger partial charge in [0.25, 0.3) is 0 Å². The Bertz CT molecular complexity index is 193. The number of rotatable bonds is 11. The van der Waals surface area contributed by atoms with Crippen LogP contribution in [0.5, 0.6) is 0 Å². The highest BCUT2D eigenvalue weighted by Crippen LogP contribution is 2.19. The van der Waals surface area contributed by atoms with Gasteiger partial charge in [-0.2, -0.15) is 0 Å². The minimum atomic E-state index is -0.772. The summed E-state index contributed by atoms with van der Waals surface area (Å²) in [5.41, 5.74) is -0.772. The van der Waals surface area contributed by atoms with E-state index in [-0.39, 0.29) is 0 Å². The van der Waals surface area contributed by atoms with E-state index in [4.69, 9.17) is 9.47 Å². The second kappa shape index (κ2) is 8.03. The summed E-state index contributed by atoms with van der Waals surface area (Å²) in [4.78, 5) is 0. The lowest BCUT2D eigenvalue weighted by molar-refractivity contribution is -0.0466. The van der Waals surface area contributed by atoms with Crippen molar-refractivity contribution >= 4 is 0 Å². The lowest BCUT2D eigenvalue weighted by Gasteiger charge is -2.23. The Balaban J connectivity index is 1.88. The monoisotopic (exact) mass is 245 g/mol. The summed E-state index contributed by atoms with van der Waals surface area (Å²) in [5.74, 6) is 0. The lowest BCUT2D eigenvalue weighted by Crippen LogP contribution is -2.42. The molecule has 4 heteroatoms. The van der Waals surface area contributed by atoms with E-state index in [9.17, 15) is 5.11 Å². The smallest absolute Gasteiger partial charge is 0.0975 e. The topological polar surface area (TPSA) is 50.7 Å². The molecule has 1 aliphatic carbocycles. The molecule has 1 fully saturated rings. The van der Waals surface area contributed by atoms with E-state index in [1.54, 1.807) is 6.92 Å². The van der Waals surface area contributed by atoms with Crippen LogP contribution >= 0.6 is 0 Å². The molecule has 0 amide bonds. The molecule has 4 nitrogen and oxygen atoms in total. The van der Waals surface area contributed by atoms with Gasteiger partial charge in [-0.15, -0.1) is 0 Å². The Morgan fingerprint density at radius 1 is 1.24 bits per heavy atom. The van der Waals surface area contributed by atoms with Gasteiger partial charge in [0.2, 0.25) is 0 Å². The summed E-state index contributed by atoms with van der Waals surface area (Å²) < 4.78 is 10.8. The zero-order valence-electron chi connectivity index (χ0n) is 11.2. The third-order valence-corrected chi connectivity index (χ3v) is 2.78. The predicted octanol–water partition coefficient (Wildman–Crippen LogP) is 1.32. The van der Waals surface area contributed by atoms with Crippen LogP contribution in [0.15, 0.2) is 0 Å². The minimum absolute atomic E-state index is 0.365. The zero-order chi connectivity index (χ0) is 12.6. The van der Waals surface area contributed by atoms with E-state index in [1.807, 2.05) is 0 Å². The van der Waals surface area contributed by atoms with Crippen molar-refractivity contribution in [2.24, 2.45) is 0 Å². The summed E-state index contributed by atoms with van der Waals surface area (Å²) in [5, 5.41) is 13.3. The molecule has 0 bridgehead atoms. The molecule has 0 aromatic heterocycles. The fraction of sp³-hybridized carbons (Fsp3) is 1.00. The van der Waals surface area contributed by atoms with Crippen molar-refractivity contribution in [2.45, 2.75) is 51.2 Å². The van der Waals surface area contributed by atoms with Crippen LogP contribution in [0.4, 0.5) is 0 Å². The molecule has 1 aliphatic rings.